The van der Waals surface area contributed by atoms with E-state index in [4.69, 9.17) is 0 Å². The SMILES string of the molecule is Cc1cc(C)n(CC(=O)NNC(=O)c2cc(F)ccc2C)n1. The second kappa shape index (κ2) is 6.38. The molecule has 6 nitrogen and oxygen atoms in total. The van der Waals surface area contributed by atoms with Gasteiger partial charge in [-0.1, -0.05) is 6.07 Å². The Morgan fingerprint density at radius 3 is 2.55 bits per heavy atom. The molecule has 0 fully saturated rings. The molecule has 22 heavy (non-hydrogen) atoms. The Hall–Kier alpha value is -2.70. The maximum absolute atomic E-state index is 13.2. The lowest BCUT2D eigenvalue weighted by molar-refractivity contribution is -0.122. The molecule has 0 saturated heterocycles. The summed E-state index contributed by atoms with van der Waals surface area (Å²) in [5.41, 5.74) is 7.00. The Balaban J connectivity index is 1.95. The number of hydrazine groups is 1. The largest absolute Gasteiger partial charge is 0.271 e. The van der Waals surface area contributed by atoms with Gasteiger partial charge in [0.25, 0.3) is 11.8 Å². The topological polar surface area (TPSA) is 76.0 Å². The van der Waals surface area contributed by atoms with Crippen LogP contribution in [0.25, 0.3) is 0 Å². The van der Waals surface area contributed by atoms with Gasteiger partial charge in [-0.15, -0.1) is 0 Å². The number of nitrogens with zero attached hydrogens (tertiary/aromatic N) is 2. The molecule has 0 bridgehead atoms. The summed E-state index contributed by atoms with van der Waals surface area (Å²) in [4.78, 5) is 23.7. The van der Waals surface area contributed by atoms with Crippen LogP contribution in [-0.2, 0) is 11.3 Å². The minimum Gasteiger partial charge on any atom is -0.271 e. The predicted octanol–water partition coefficient (Wildman–Crippen LogP) is 1.41. The van der Waals surface area contributed by atoms with Crippen molar-refractivity contribution in [2.75, 3.05) is 0 Å². The number of amides is 2. The number of hydrogen-bond donors (Lipinski definition) is 2. The molecule has 0 aliphatic carbocycles. The van der Waals surface area contributed by atoms with Crippen molar-refractivity contribution in [1.29, 1.82) is 0 Å². The molecule has 0 aliphatic rings. The zero-order valence-electron chi connectivity index (χ0n) is 12.6. The molecule has 2 amide bonds. The maximum Gasteiger partial charge on any atom is 0.270 e. The smallest absolute Gasteiger partial charge is 0.270 e. The van der Waals surface area contributed by atoms with E-state index in [1.807, 2.05) is 19.9 Å². The van der Waals surface area contributed by atoms with Crippen molar-refractivity contribution in [2.45, 2.75) is 27.3 Å². The van der Waals surface area contributed by atoms with Crippen molar-refractivity contribution in [3.8, 4) is 0 Å². The highest BCUT2D eigenvalue weighted by Gasteiger charge is 2.12. The molecule has 1 aromatic heterocycles. The van der Waals surface area contributed by atoms with Crippen LogP contribution in [0.15, 0.2) is 24.3 Å². The summed E-state index contributed by atoms with van der Waals surface area (Å²) in [5.74, 6) is -1.50. The summed E-state index contributed by atoms with van der Waals surface area (Å²) in [7, 11) is 0. The fourth-order valence-corrected chi connectivity index (χ4v) is 2.04. The van der Waals surface area contributed by atoms with Crippen LogP contribution in [-0.4, -0.2) is 21.6 Å². The van der Waals surface area contributed by atoms with Crippen molar-refractivity contribution in [3.05, 3.63) is 52.6 Å². The first-order chi connectivity index (χ1) is 10.4. The Morgan fingerprint density at radius 1 is 1.18 bits per heavy atom. The fraction of sp³-hybridized carbons (Fsp3) is 0.267. The Labute approximate surface area is 127 Å². The van der Waals surface area contributed by atoms with Gasteiger partial charge in [-0.25, -0.2) is 4.39 Å². The summed E-state index contributed by atoms with van der Waals surface area (Å²) in [6, 6.07) is 5.75. The van der Waals surface area contributed by atoms with Crippen molar-refractivity contribution < 1.29 is 14.0 Å². The molecule has 2 rings (SSSR count). The number of hydrogen-bond acceptors (Lipinski definition) is 3. The fourth-order valence-electron chi connectivity index (χ4n) is 2.04. The molecule has 2 N–H and O–H groups in total. The Kier molecular flexibility index (Phi) is 4.55. The summed E-state index contributed by atoms with van der Waals surface area (Å²) < 4.78 is 14.7. The quantitative estimate of drug-likeness (QED) is 0.842. The predicted molar refractivity (Wildman–Crippen MR) is 78.4 cm³/mol. The number of aryl methyl sites for hydroxylation is 3. The first-order valence-corrected chi connectivity index (χ1v) is 6.73. The van der Waals surface area contributed by atoms with Gasteiger partial charge in [0.2, 0.25) is 0 Å². The normalized spacial score (nSPS) is 10.4. The van der Waals surface area contributed by atoms with Crippen molar-refractivity contribution in [1.82, 2.24) is 20.6 Å². The van der Waals surface area contributed by atoms with E-state index >= 15 is 0 Å². The summed E-state index contributed by atoms with van der Waals surface area (Å²) >= 11 is 0. The van der Waals surface area contributed by atoms with Crippen LogP contribution in [0.1, 0.15) is 27.3 Å². The molecule has 0 saturated carbocycles. The molecule has 1 heterocycles. The lowest BCUT2D eigenvalue weighted by Gasteiger charge is -2.10. The second-order valence-electron chi connectivity index (χ2n) is 5.05. The van der Waals surface area contributed by atoms with Gasteiger partial charge in [-0.3, -0.25) is 25.1 Å². The number of rotatable bonds is 3. The van der Waals surface area contributed by atoms with Gasteiger partial charge in [0, 0.05) is 11.3 Å². The van der Waals surface area contributed by atoms with E-state index in [1.165, 1.54) is 16.8 Å². The number of aromatic nitrogens is 2. The van der Waals surface area contributed by atoms with Crippen LogP contribution in [0.2, 0.25) is 0 Å². The van der Waals surface area contributed by atoms with Gasteiger partial charge in [-0.05, 0) is 44.5 Å². The van der Waals surface area contributed by atoms with Crippen LogP contribution < -0.4 is 10.9 Å². The van der Waals surface area contributed by atoms with E-state index in [-0.39, 0.29) is 12.1 Å². The molecular weight excluding hydrogens is 287 g/mol. The summed E-state index contributed by atoms with van der Waals surface area (Å²) in [6.45, 7) is 5.34. The van der Waals surface area contributed by atoms with Crippen molar-refractivity contribution in [2.24, 2.45) is 0 Å². The van der Waals surface area contributed by atoms with Crippen LogP contribution in [0, 0.1) is 26.6 Å². The average Bonchev–Trinajstić information content (AvgIpc) is 2.77. The van der Waals surface area contributed by atoms with Crippen LogP contribution in [0.4, 0.5) is 4.39 Å². The van der Waals surface area contributed by atoms with Gasteiger partial charge in [0.15, 0.2) is 0 Å². The van der Waals surface area contributed by atoms with E-state index in [9.17, 15) is 14.0 Å². The molecule has 0 spiro atoms. The standard InChI is InChI=1S/C15H17FN4O2/c1-9-4-5-12(16)7-13(9)15(22)18-17-14(21)8-20-11(3)6-10(2)19-20/h4-7H,8H2,1-3H3,(H,17,21)(H,18,22). The van der Waals surface area contributed by atoms with Crippen LogP contribution >= 0.6 is 0 Å². The highest BCUT2D eigenvalue weighted by atomic mass is 19.1. The average molecular weight is 304 g/mol. The third-order valence-corrected chi connectivity index (χ3v) is 3.16. The second-order valence-corrected chi connectivity index (χ2v) is 5.05. The van der Waals surface area contributed by atoms with Crippen LogP contribution in [0.5, 0.6) is 0 Å². The number of carbonyl (C=O) groups excluding carboxylic acids is 2. The number of halogens is 1. The van der Waals surface area contributed by atoms with Gasteiger partial charge in [-0.2, -0.15) is 5.10 Å². The maximum atomic E-state index is 13.2. The molecule has 0 unspecified atom stereocenters. The summed E-state index contributed by atoms with van der Waals surface area (Å²) in [5, 5.41) is 4.15. The highest BCUT2D eigenvalue weighted by molar-refractivity contribution is 5.96. The van der Waals surface area contributed by atoms with Gasteiger partial charge in [0.05, 0.1) is 5.69 Å². The first kappa shape index (κ1) is 15.7. The van der Waals surface area contributed by atoms with E-state index < -0.39 is 17.6 Å². The molecule has 2 aromatic rings. The minimum atomic E-state index is -0.571. The monoisotopic (exact) mass is 304 g/mol. The van der Waals surface area contributed by atoms with E-state index in [0.29, 0.717) is 5.56 Å². The molecule has 0 radical (unpaired) electrons. The number of benzene rings is 1. The van der Waals surface area contributed by atoms with Gasteiger partial charge >= 0.3 is 0 Å². The third kappa shape index (κ3) is 3.69. The zero-order valence-corrected chi connectivity index (χ0v) is 12.6. The summed E-state index contributed by atoms with van der Waals surface area (Å²) in [6.07, 6.45) is 0. The molecule has 7 heteroatoms. The third-order valence-electron chi connectivity index (χ3n) is 3.16. The van der Waals surface area contributed by atoms with E-state index in [0.717, 1.165) is 17.5 Å². The first-order valence-electron chi connectivity index (χ1n) is 6.73. The molecular formula is C15H17FN4O2. The Morgan fingerprint density at radius 2 is 1.91 bits per heavy atom. The Bertz CT molecular complexity index is 724. The van der Waals surface area contributed by atoms with Gasteiger partial charge in [0.1, 0.15) is 12.4 Å². The van der Waals surface area contributed by atoms with E-state index in [2.05, 4.69) is 16.0 Å². The van der Waals surface area contributed by atoms with Crippen molar-refractivity contribution >= 4 is 11.8 Å². The lowest BCUT2D eigenvalue weighted by Crippen LogP contribution is -2.43. The minimum absolute atomic E-state index is 0.0118. The number of carbonyl (C=O) groups is 2. The van der Waals surface area contributed by atoms with Crippen molar-refractivity contribution in [3.63, 3.8) is 0 Å². The number of nitrogens with one attached hydrogen (secondary N) is 2. The van der Waals surface area contributed by atoms with E-state index in [1.54, 1.807) is 6.92 Å². The zero-order chi connectivity index (χ0) is 16.3. The molecule has 1 aromatic carbocycles. The highest BCUT2D eigenvalue weighted by Crippen LogP contribution is 2.09. The van der Waals surface area contributed by atoms with Gasteiger partial charge < -0.3 is 0 Å². The van der Waals surface area contributed by atoms with Crippen LogP contribution in [0.3, 0.4) is 0 Å². The lowest BCUT2D eigenvalue weighted by atomic mass is 10.1. The molecule has 0 aliphatic heterocycles. The molecule has 0 atom stereocenters. The molecule has 116 valence electrons.